The Bertz CT molecular complexity index is 2210. The van der Waals surface area contributed by atoms with Crippen LogP contribution in [0.2, 0.25) is 0 Å². The quantitative estimate of drug-likeness (QED) is 0.176. The SMILES string of the molecule is CC(C)(O)Cn1cc(-c2ccc3c(-c4nc(N[C@H]5CCCN(C(=O)OC(C)(C)C)C5)ncc4C(F)(F)F)cn(S(=O)(=O)c4ccccc4)c3c2)cn1. The summed E-state index contributed by atoms with van der Waals surface area (Å²) in [4.78, 5) is 22.6. The van der Waals surface area contributed by atoms with E-state index in [4.69, 9.17) is 4.74 Å². The average molecular weight is 740 g/mol. The first kappa shape index (κ1) is 36.8. The molecule has 3 aromatic heterocycles. The summed E-state index contributed by atoms with van der Waals surface area (Å²) in [7, 11) is -4.31. The minimum absolute atomic E-state index is 0.0604. The Morgan fingerprint density at radius 1 is 1.02 bits per heavy atom. The number of alkyl halides is 3. The van der Waals surface area contributed by atoms with Crippen LogP contribution < -0.4 is 5.32 Å². The lowest BCUT2D eigenvalue weighted by Crippen LogP contribution is -2.47. The summed E-state index contributed by atoms with van der Waals surface area (Å²) >= 11 is 0. The molecule has 2 aromatic carbocycles. The molecule has 1 aliphatic rings. The molecule has 1 atom stereocenters. The van der Waals surface area contributed by atoms with E-state index in [0.29, 0.717) is 36.7 Å². The van der Waals surface area contributed by atoms with Crippen molar-refractivity contribution in [2.75, 3.05) is 18.4 Å². The minimum atomic E-state index is -4.88. The third kappa shape index (κ3) is 8.07. The molecule has 4 heterocycles. The molecule has 6 rings (SSSR count). The maximum absolute atomic E-state index is 14.6. The Morgan fingerprint density at radius 3 is 2.42 bits per heavy atom. The zero-order valence-corrected chi connectivity index (χ0v) is 30.2. The minimum Gasteiger partial charge on any atom is -0.444 e. The lowest BCUT2D eigenvalue weighted by atomic mass is 10.0. The molecule has 12 nitrogen and oxygen atoms in total. The highest BCUT2D eigenvalue weighted by atomic mass is 32.2. The Morgan fingerprint density at radius 2 is 1.75 bits per heavy atom. The molecule has 1 saturated heterocycles. The largest absolute Gasteiger partial charge is 0.444 e. The van der Waals surface area contributed by atoms with Crippen molar-refractivity contribution in [2.45, 2.75) is 82.3 Å². The molecule has 0 aliphatic carbocycles. The molecule has 52 heavy (non-hydrogen) atoms. The van der Waals surface area contributed by atoms with Gasteiger partial charge in [0.25, 0.3) is 10.0 Å². The van der Waals surface area contributed by atoms with Gasteiger partial charge in [-0.25, -0.2) is 27.2 Å². The average Bonchev–Trinajstić information content (AvgIpc) is 3.68. The third-order valence-electron chi connectivity index (χ3n) is 8.34. The van der Waals surface area contributed by atoms with Crippen LogP contribution in [0.25, 0.3) is 33.3 Å². The Hall–Kier alpha value is -4.96. The number of carbonyl (C=O) groups is 1. The maximum atomic E-state index is 14.6. The van der Waals surface area contributed by atoms with Crippen LogP contribution in [0.15, 0.2) is 78.2 Å². The summed E-state index contributed by atoms with van der Waals surface area (Å²) in [5, 5.41) is 17.9. The number of carbonyl (C=O) groups excluding carboxylic acids is 1. The number of aromatic nitrogens is 5. The Balaban J connectivity index is 1.45. The fourth-order valence-electron chi connectivity index (χ4n) is 6.10. The second kappa shape index (κ2) is 13.5. The number of fused-ring (bicyclic) bond motifs is 1. The fraction of sp³-hybridized carbons (Fsp3) is 0.389. The number of nitrogens with one attached hydrogen (secondary N) is 1. The second-order valence-corrected chi connectivity index (χ2v) is 16.3. The van der Waals surface area contributed by atoms with Gasteiger partial charge in [-0.1, -0.05) is 30.3 Å². The smallest absolute Gasteiger partial charge is 0.419 e. The summed E-state index contributed by atoms with van der Waals surface area (Å²) in [6.07, 6.45) is 0.930. The zero-order chi connectivity index (χ0) is 37.6. The van der Waals surface area contributed by atoms with Gasteiger partial charge in [-0.3, -0.25) is 4.68 Å². The van der Waals surface area contributed by atoms with Gasteiger partial charge in [-0.15, -0.1) is 0 Å². The van der Waals surface area contributed by atoms with E-state index in [-0.39, 0.29) is 46.4 Å². The van der Waals surface area contributed by atoms with E-state index in [1.807, 2.05) is 0 Å². The van der Waals surface area contributed by atoms with Gasteiger partial charge in [-0.05, 0) is 71.2 Å². The van der Waals surface area contributed by atoms with Gasteiger partial charge in [0, 0.05) is 54.2 Å². The van der Waals surface area contributed by atoms with Gasteiger partial charge < -0.3 is 20.1 Å². The summed E-state index contributed by atoms with van der Waals surface area (Å²) in [5.41, 5.74) is -2.20. The van der Waals surface area contributed by atoms with E-state index in [2.05, 4.69) is 20.4 Å². The number of aliphatic hydroxyl groups is 1. The van der Waals surface area contributed by atoms with Crippen molar-refractivity contribution in [3.05, 3.63) is 78.9 Å². The molecule has 0 spiro atoms. The number of piperidine rings is 1. The predicted molar refractivity (Wildman–Crippen MR) is 189 cm³/mol. The molecule has 2 N–H and O–H groups in total. The first-order valence-electron chi connectivity index (χ1n) is 16.7. The van der Waals surface area contributed by atoms with E-state index < -0.39 is 44.8 Å². The lowest BCUT2D eigenvalue weighted by Gasteiger charge is -2.34. The molecule has 1 amide bonds. The molecule has 0 bridgehead atoms. The lowest BCUT2D eigenvalue weighted by molar-refractivity contribution is -0.137. The van der Waals surface area contributed by atoms with Crippen LogP contribution >= 0.6 is 0 Å². The molecule has 5 aromatic rings. The van der Waals surface area contributed by atoms with E-state index in [1.165, 1.54) is 17.0 Å². The summed E-state index contributed by atoms with van der Waals surface area (Å²) in [5.74, 6) is -0.110. The highest BCUT2D eigenvalue weighted by Gasteiger charge is 2.37. The third-order valence-corrected chi connectivity index (χ3v) is 10.0. The second-order valence-electron chi connectivity index (χ2n) is 14.5. The number of hydrogen-bond donors (Lipinski definition) is 2. The molecular formula is C36H40F3N7O5S. The number of rotatable bonds is 8. The number of halogens is 3. The molecule has 16 heteroatoms. The van der Waals surface area contributed by atoms with E-state index in [1.54, 1.807) is 88.1 Å². The number of benzene rings is 2. The van der Waals surface area contributed by atoms with Crippen LogP contribution in [0, 0.1) is 0 Å². The van der Waals surface area contributed by atoms with E-state index in [9.17, 15) is 31.5 Å². The highest BCUT2D eigenvalue weighted by Crippen LogP contribution is 2.41. The number of likely N-dealkylation sites (tertiary alicyclic amines) is 1. The molecule has 0 unspecified atom stereocenters. The van der Waals surface area contributed by atoms with Gasteiger partial charge in [0.15, 0.2) is 0 Å². The fourth-order valence-corrected chi connectivity index (χ4v) is 7.48. The van der Waals surface area contributed by atoms with Gasteiger partial charge in [0.2, 0.25) is 5.95 Å². The van der Waals surface area contributed by atoms with Crippen molar-refractivity contribution in [1.29, 1.82) is 0 Å². The molecule has 0 saturated carbocycles. The van der Waals surface area contributed by atoms with Crippen LogP contribution in [0.1, 0.15) is 53.0 Å². The topological polar surface area (TPSA) is 144 Å². The van der Waals surface area contributed by atoms with Gasteiger partial charge in [0.1, 0.15) is 11.2 Å². The van der Waals surface area contributed by atoms with Crippen LogP contribution in [0.5, 0.6) is 0 Å². The van der Waals surface area contributed by atoms with Crippen LogP contribution in [0.3, 0.4) is 0 Å². The summed E-state index contributed by atoms with van der Waals surface area (Å²) in [6, 6.07) is 12.0. The molecule has 1 aliphatic heterocycles. The van der Waals surface area contributed by atoms with Crippen molar-refractivity contribution in [3.63, 3.8) is 0 Å². The normalized spacial score (nSPS) is 15.9. The van der Waals surface area contributed by atoms with Crippen LogP contribution in [0.4, 0.5) is 23.9 Å². The van der Waals surface area contributed by atoms with E-state index in [0.717, 1.165) is 10.2 Å². The molecule has 276 valence electrons. The maximum Gasteiger partial charge on any atom is 0.419 e. The first-order valence-corrected chi connectivity index (χ1v) is 18.1. The monoisotopic (exact) mass is 739 g/mol. The molecular weight excluding hydrogens is 700 g/mol. The molecule has 1 fully saturated rings. The standard InChI is InChI=1S/C36H40F3N7O5S/c1-34(2,3)51-33(47)44-15-9-10-25(20-44)42-32-40-18-29(36(37,38)39)31(43-32)28-21-46(52(49,50)26-11-7-6-8-12-26)30-16-23(13-14-27(28)30)24-17-41-45(19-24)22-35(4,5)48/h6-8,11-14,16-19,21,25,48H,9-10,15,20,22H2,1-5H3,(H,40,42,43)/t25-/m0/s1. The van der Waals surface area contributed by atoms with Crippen LogP contribution in [-0.2, 0) is 27.5 Å². The zero-order valence-electron chi connectivity index (χ0n) is 29.3. The van der Waals surface area contributed by atoms with Crippen molar-refractivity contribution in [3.8, 4) is 22.4 Å². The highest BCUT2D eigenvalue weighted by molar-refractivity contribution is 7.90. The van der Waals surface area contributed by atoms with Crippen molar-refractivity contribution < 1.29 is 36.2 Å². The number of ether oxygens (including phenoxy) is 1. The van der Waals surface area contributed by atoms with Gasteiger partial charge >= 0.3 is 12.3 Å². The van der Waals surface area contributed by atoms with Crippen molar-refractivity contribution in [1.82, 2.24) is 28.6 Å². The predicted octanol–water partition coefficient (Wildman–Crippen LogP) is 6.80. The van der Waals surface area contributed by atoms with Gasteiger partial charge in [-0.2, -0.15) is 18.3 Å². The Labute approximate surface area is 299 Å². The number of anilines is 1. The van der Waals surface area contributed by atoms with E-state index >= 15 is 0 Å². The van der Waals surface area contributed by atoms with Crippen LogP contribution in [-0.4, -0.2) is 78.6 Å². The molecule has 0 radical (unpaired) electrons. The Kier molecular flexibility index (Phi) is 9.59. The summed E-state index contributed by atoms with van der Waals surface area (Å²) in [6.45, 7) is 9.45. The number of hydrogen-bond acceptors (Lipinski definition) is 9. The summed E-state index contributed by atoms with van der Waals surface area (Å²) < 4.78 is 80.0. The van der Waals surface area contributed by atoms with Gasteiger partial charge in [0.05, 0.1) is 34.4 Å². The number of amides is 1. The van der Waals surface area contributed by atoms with Crippen molar-refractivity contribution >= 4 is 33.0 Å². The van der Waals surface area contributed by atoms with Crippen molar-refractivity contribution in [2.24, 2.45) is 0 Å². The first-order chi connectivity index (χ1) is 24.3. The number of nitrogens with zero attached hydrogens (tertiary/aromatic N) is 6.